The van der Waals surface area contributed by atoms with Gasteiger partial charge in [0.15, 0.2) is 0 Å². The van der Waals surface area contributed by atoms with E-state index in [1.165, 1.54) is 0 Å². The van der Waals surface area contributed by atoms with Crippen molar-refractivity contribution in [2.24, 2.45) is 5.92 Å². The van der Waals surface area contributed by atoms with Crippen molar-refractivity contribution in [3.8, 4) is 0 Å². The minimum atomic E-state index is -0.380. The number of allylic oxidation sites excluding steroid dienone is 1. The Bertz CT molecular complexity index is 365. The monoisotopic (exact) mass is 186 g/mol. The standard InChI is InChI=1S/C13H14O/c1-2-5-11-9-8-10-6-3-4-7-12(10)13(11)14/h2-4,6-9,11,13-14H,1,5H2/t11-,13-/m0/s1. The first-order valence-electron chi connectivity index (χ1n) is 4.89. The minimum Gasteiger partial charge on any atom is -0.388 e. The molecule has 72 valence electrons. The van der Waals surface area contributed by atoms with E-state index in [4.69, 9.17) is 0 Å². The Morgan fingerprint density at radius 2 is 2.14 bits per heavy atom. The van der Waals surface area contributed by atoms with Crippen LogP contribution in [-0.2, 0) is 0 Å². The average Bonchev–Trinajstić information content (AvgIpc) is 2.23. The average molecular weight is 186 g/mol. The molecule has 1 aliphatic carbocycles. The molecule has 1 aliphatic rings. The fourth-order valence-corrected chi connectivity index (χ4v) is 1.90. The van der Waals surface area contributed by atoms with Gasteiger partial charge in [-0.1, -0.05) is 42.5 Å². The van der Waals surface area contributed by atoms with Crippen LogP contribution in [0.4, 0.5) is 0 Å². The van der Waals surface area contributed by atoms with E-state index >= 15 is 0 Å². The normalized spacial score (nSPS) is 24.4. The van der Waals surface area contributed by atoms with Crippen LogP contribution in [0.15, 0.2) is 43.0 Å². The molecule has 0 saturated carbocycles. The summed E-state index contributed by atoms with van der Waals surface area (Å²) >= 11 is 0. The predicted molar refractivity (Wildman–Crippen MR) is 58.7 cm³/mol. The first kappa shape index (κ1) is 9.22. The van der Waals surface area contributed by atoms with Gasteiger partial charge in [-0.25, -0.2) is 0 Å². The van der Waals surface area contributed by atoms with Crippen molar-refractivity contribution in [1.82, 2.24) is 0 Å². The molecule has 2 rings (SSSR count). The third-order valence-corrected chi connectivity index (χ3v) is 2.68. The lowest BCUT2D eigenvalue weighted by Crippen LogP contribution is -2.14. The second-order valence-electron chi connectivity index (χ2n) is 3.62. The van der Waals surface area contributed by atoms with Crippen molar-refractivity contribution in [1.29, 1.82) is 0 Å². The molecule has 0 radical (unpaired) electrons. The van der Waals surface area contributed by atoms with Crippen molar-refractivity contribution in [3.63, 3.8) is 0 Å². The predicted octanol–water partition coefficient (Wildman–Crippen LogP) is 2.94. The number of rotatable bonds is 2. The summed E-state index contributed by atoms with van der Waals surface area (Å²) in [6.45, 7) is 3.70. The van der Waals surface area contributed by atoms with Gasteiger partial charge in [-0.15, -0.1) is 6.58 Å². The number of fused-ring (bicyclic) bond motifs is 1. The van der Waals surface area contributed by atoms with Crippen LogP contribution in [0.2, 0.25) is 0 Å². The van der Waals surface area contributed by atoms with E-state index in [-0.39, 0.29) is 12.0 Å². The van der Waals surface area contributed by atoms with Crippen LogP contribution in [-0.4, -0.2) is 5.11 Å². The fourth-order valence-electron chi connectivity index (χ4n) is 1.90. The van der Waals surface area contributed by atoms with Gasteiger partial charge in [-0.3, -0.25) is 0 Å². The molecular formula is C13H14O. The Morgan fingerprint density at radius 3 is 2.93 bits per heavy atom. The molecule has 1 aromatic carbocycles. The maximum absolute atomic E-state index is 10.1. The Morgan fingerprint density at radius 1 is 1.36 bits per heavy atom. The molecule has 0 aliphatic heterocycles. The van der Waals surface area contributed by atoms with Gasteiger partial charge in [0.05, 0.1) is 6.10 Å². The highest BCUT2D eigenvalue weighted by Crippen LogP contribution is 2.33. The van der Waals surface area contributed by atoms with Crippen molar-refractivity contribution >= 4 is 6.08 Å². The molecule has 0 aromatic heterocycles. The van der Waals surface area contributed by atoms with Crippen LogP contribution < -0.4 is 0 Å². The first-order chi connectivity index (χ1) is 6.83. The summed E-state index contributed by atoms with van der Waals surface area (Å²) in [7, 11) is 0. The topological polar surface area (TPSA) is 20.2 Å². The second kappa shape index (κ2) is 3.81. The maximum atomic E-state index is 10.1. The summed E-state index contributed by atoms with van der Waals surface area (Å²) in [6, 6.07) is 7.97. The molecule has 0 saturated heterocycles. The number of aliphatic hydroxyl groups is 1. The van der Waals surface area contributed by atoms with Crippen LogP contribution in [0.1, 0.15) is 23.7 Å². The quantitative estimate of drug-likeness (QED) is 0.704. The second-order valence-corrected chi connectivity index (χ2v) is 3.62. The van der Waals surface area contributed by atoms with E-state index in [0.717, 1.165) is 17.5 Å². The summed E-state index contributed by atoms with van der Waals surface area (Å²) in [6.07, 6.45) is 6.44. The molecule has 0 amide bonds. The molecule has 0 fully saturated rings. The smallest absolute Gasteiger partial charge is 0.0861 e. The highest BCUT2D eigenvalue weighted by atomic mass is 16.3. The van der Waals surface area contributed by atoms with Gasteiger partial charge in [0.25, 0.3) is 0 Å². The first-order valence-corrected chi connectivity index (χ1v) is 4.89. The lowest BCUT2D eigenvalue weighted by Gasteiger charge is -2.24. The molecule has 14 heavy (non-hydrogen) atoms. The van der Waals surface area contributed by atoms with Crippen molar-refractivity contribution in [2.45, 2.75) is 12.5 Å². The van der Waals surface area contributed by atoms with E-state index < -0.39 is 0 Å². The molecule has 1 heteroatoms. The SMILES string of the molecule is C=CC[C@H]1C=Cc2ccccc2[C@H]1O. The molecular weight excluding hydrogens is 172 g/mol. The summed E-state index contributed by atoms with van der Waals surface area (Å²) in [4.78, 5) is 0. The van der Waals surface area contributed by atoms with Gasteiger partial charge in [-0.2, -0.15) is 0 Å². The highest BCUT2D eigenvalue weighted by Gasteiger charge is 2.22. The van der Waals surface area contributed by atoms with Gasteiger partial charge >= 0.3 is 0 Å². The van der Waals surface area contributed by atoms with Gasteiger partial charge in [0.1, 0.15) is 0 Å². The van der Waals surface area contributed by atoms with E-state index in [2.05, 4.69) is 18.7 Å². The third kappa shape index (κ3) is 1.51. The minimum absolute atomic E-state index is 0.183. The van der Waals surface area contributed by atoms with Gasteiger partial charge in [0, 0.05) is 5.92 Å². The number of benzene rings is 1. The summed E-state index contributed by atoms with van der Waals surface area (Å²) < 4.78 is 0. The Labute approximate surface area is 84.4 Å². The van der Waals surface area contributed by atoms with Crippen molar-refractivity contribution in [2.75, 3.05) is 0 Å². The van der Waals surface area contributed by atoms with Crippen LogP contribution in [0.3, 0.4) is 0 Å². The summed E-state index contributed by atoms with van der Waals surface area (Å²) in [5.41, 5.74) is 2.15. The van der Waals surface area contributed by atoms with Gasteiger partial charge < -0.3 is 5.11 Å². The molecule has 1 N–H and O–H groups in total. The van der Waals surface area contributed by atoms with E-state index in [1.807, 2.05) is 30.3 Å². The maximum Gasteiger partial charge on any atom is 0.0861 e. The third-order valence-electron chi connectivity index (χ3n) is 2.68. The molecule has 2 atom stereocenters. The zero-order chi connectivity index (χ0) is 9.97. The largest absolute Gasteiger partial charge is 0.388 e. The highest BCUT2D eigenvalue weighted by molar-refractivity contribution is 5.57. The van der Waals surface area contributed by atoms with Crippen LogP contribution in [0.5, 0.6) is 0 Å². The van der Waals surface area contributed by atoms with Crippen molar-refractivity contribution < 1.29 is 5.11 Å². The Hall–Kier alpha value is -1.34. The molecule has 0 unspecified atom stereocenters. The number of aliphatic hydroxyl groups excluding tert-OH is 1. The van der Waals surface area contributed by atoms with Crippen molar-refractivity contribution in [3.05, 3.63) is 54.1 Å². The molecule has 0 bridgehead atoms. The molecule has 0 heterocycles. The van der Waals surface area contributed by atoms with Crippen LogP contribution >= 0.6 is 0 Å². The van der Waals surface area contributed by atoms with Crippen LogP contribution in [0, 0.1) is 5.92 Å². The zero-order valence-corrected chi connectivity index (χ0v) is 8.06. The molecule has 1 nitrogen and oxygen atoms in total. The Kier molecular flexibility index (Phi) is 2.51. The zero-order valence-electron chi connectivity index (χ0n) is 8.06. The van der Waals surface area contributed by atoms with E-state index in [9.17, 15) is 5.11 Å². The lowest BCUT2D eigenvalue weighted by molar-refractivity contribution is 0.131. The summed E-state index contributed by atoms with van der Waals surface area (Å²) in [5, 5.41) is 10.1. The molecule has 0 spiro atoms. The number of hydrogen-bond acceptors (Lipinski definition) is 1. The van der Waals surface area contributed by atoms with E-state index in [0.29, 0.717) is 0 Å². The summed E-state index contributed by atoms with van der Waals surface area (Å²) in [5.74, 6) is 0.183. The Balaban J connectivity index is 2.34. The van der Waals surface area contributed by atoms with Gasteiger partial charge in [-0.05, 0) is 17.5 Å². The van der Waals surface area contributed by atoms with Gasteiger partial charge in [0.2, 0.25) is 0 Å². The van der Waals surface area contributed by atoms with Crippen LogP contribution in [0.25, 0.3) is 6.08 Å². The molecule has 1 aromatic rings. The lowest BCUT2D eigenvalue weighted by atomic mass is 9.85. The van der Waals surface area contributed by atoms with E-state index in [1.54, 1.807) is 0 Å². The fraction of sp³-hybridized carbons (Fsp3) is 0.231. The number of hydrogen-bond donors (Lipinski definition) is 1.